The van der Waals surface area contributed by atoms with Crippen LogP contribution in [0.4, 0.5) is 0 Å². The van der Waals surface area contributed by atoms with E-state index in [0.29, 0.717) is 0 Å². The first-order chi connectivity index (χ1) is 5.33. The summed E-state index contributed by atoms with van der Waals surface area (Å²) in [5.74, 6) is 2.83. The molecule has 11 heavy (non-hydrogen) atoms. The van der Waals surface area contributed by atoms with E-state index < -0.39 is 0 Å². The lowest BCUT2D eigenvalue weighted by Crippen LogP contribution is -1.58. The van der Waals surface area contributed by atoms with Crippen LogP contribution in [-0.2, 0) is 9.59 Å². The molecular formula is C6H10N2O2S. The number of isocyanates is 2. The van der Waals surface area contributed by atoms with Crippen molar-refractivity contribution in [3.8, 4) is 0 Å². The van der Waals surface area contributed by atoms with Crippen molar-refractivity contribution in [3.63, 3.8) is 0 Å². The Morgan fingerprint density at radius 1 is 1.00 bits per heavy atom. The Labute approximate surface area is 69.4 Å². The van der Waals surface area contributed by atoms with Gasteiger partial charge in [0, 0.05) is 0 Å². The van der Waals surface area contributed by atoms with E-state index in [4.69, 9.17) is 20.4 Å². The summed E-state index contributed by atoms with van der Waals surface area (Å²) in [5, 5.41) is 10.8. The van der Waals surface area contributed by atoms with Gasteiger partial charge in [0.15, 0.2) is 0 Å². The van der Waals surface area contributed by atoms with Crippen molar-refractivity contribution in [2.45, 2.75) is 12.8 Å². The van der Waals surface area contributed by atoms with E-state index in [1.165, 1.54) is 24.3 Å². The molecule has 1 aliphatic rings. The highest BCUT2D eigenvalue weighted by atomic mass is 32.2. The zero-order chi connectivity index (χ0) is 8.95. The number of hydrogen-bond acceptors (Lipinski definition) is 5. The van der Waals surface area contributed by atoms with E-state index in [1.54, 1.807) is 0 Å². The zero-order valence-corrected chi connectivity index (χ0v) is 6.87. The molecule has 1 rings (SSSR count). The topological polar surface area (TPSA) is 81.8 Å². The maximum Gasteiger partial charge on any atom is 0.231 e. The SMILES string of the molecule is C1CCSC1.N=C=O.N=C=O. The van der Waals surface area contributed by atoms with Crippen LogP contribution in [0.3, 0.4) is 0 Å². The van der Waals surface area contributed by atoms with Crippen LogP contribution in [0.2, 0.25) is 0 Å². The molecule has 2 N–H and O–H groups in total. The van der Waals surface area contributed by atoms with Crippen LogP contribution in [0, 0.1) is 10.8 Å². The average Bonchev–Trinajstić information content (AvgIpc) is 2.44. The Bertz CT molecular complexity index is 114. The van der Waals surface area contributed by atoms with Crippen molar-refractivity contribution in [1.82, 2.24) is 0 Å². The third-order valence-electron chi connectivity index (χ3n) is 0.827. The second-order valence-corrected chi connectivity index (χ2v) is 2.75. The number of hydrogen-bond donors (Lipinski definition) is 2. The van der Waals surface area contributed by atoms with Gasteiger partial charge < -0.3 is 0 Å². The molecule has 0 radical (unpaired) electrons. The molecule has 1 heterocycles. The smallest absolute Gasteiger partial charge is 0.222 e. The fourth-order valence-electron chi connectivity index (χ4n) is 0.510. The Balaban J connectivity index is 0. The van der Waals surface area contributed by atoms with Gasteiger partial charge in [0.1, 0.15) is 0 Å². The number of thioether (sulfide) groups is 1. The molecule has 0 aromatic carbocycles. The molecule has 0 aromatic rings. The minimum atomic E-state index is 0.750. The fourth-order valence-corrected chi connectivity index (χ4v) is 1.53. The fraction of sp³-hybridized carbons (Fsp3) is 0.667. The summed E-state index contributed by atoms with van der Waals surface area (Å²) in [7, 11) is 0. The maximum atomic E-state index is 8.35. The van der Waals surface area contributed by atoms with Crippen molar-refractivity contribution in [3.05, 3.63) is 0 Å². The van der Waals surface area contributed by atoms with Crippen molar-refractivity contribution in [2.75, 3.05) is 11.5 Å². The third kappa shape index (κ3) is 27.3. The molecule has 1 saturated heterocycles. The summed E-state index contributed by atoms with van der Waals surface area (Å²) in [4.78, 5) is 16.7. The van der Waals surface area contributed by atoms with E-state index in [0.717, 1.165) is 12.2 Å². The quantitative estimate of drug-likeness (QED) is 0.429. The standard InChI is InChI=1S/C4H8S.2CHNO/c1-2-4-5-3-1;2*2-1-3/h1-4H2;2*2H. The van der Waals surface area contributed by atoms with Crippen LogP contribution in [0.25, 0.3) is 0 Å². The Morgan fingerprint density at radius 2 is 1.27 bits per heavy atom. The number of carbonyl (C=O) groups excluding carboxylic acids is 2. The van der Waals surface area contributed by atoms with Crippen molar-refractivity contribution < 1.29 is 9.59 Å². The Morgan fingerprint density at radius 3 is 1.36 bits per heavy atom. The van der Waals surface area contributed by atoms with Gasteiger partial charge in [-0.05, 0) is 24.3 Å². The largest absolute Gasteiger partial charge is 0.231 e. The van der Waals surface area contributed by atoms with Crippen LogP contribution in [-0.4, -0.2) is 23.7 Å². The second kappa shape index (κ2) is 16.1. The van der Waals surface area contributed by atoms with Gasteiger partial charge in [0.05, 0.1) is 0 Å². The highest BCUT2D eigenvalue weighted by Gasteiger charge is 1.95. The summed E-state index contributed by atoms with van der Waals surface area (Å²) in [6.07, 6.45) is 4.43. The molecule has 0 saturated carbocycles. The summed E-state index contributed by atoms with van der Waals surface area (Å²) < 4.78 is 0. The highest BCUT2D eigenvalue weighted by molar-refractivity contribution is 7.99. The Hall–Kier alpha value is -0.890. The van der Waals surface area contributed by atoms with Crippen LogP contribution in [0.15, 0.2) is 0 Å². The number of nitrogens with one attached hydrogen (secondary N) is 2. The van der Waals surface area contributed by atoms with E-state index in [-0.39, 0.29) is 0 Å². The van der Waals surface area contributed by atoms with Crippen molar-refractivity contribution in [2.24, 2.45) is 0 Å². The predicted molar refractivity (Wildman–Crippen MR) is 43.4 cm³/mol. The molecular weight excluding hydrogens is 164 g/mol. The average molecular weight is 174 g/mol. The summed E-state index contributed by atoms with van der Waals surface area (Å²) >= 11 is 2.07. The molecule has 0 unspecified atom stereocenters. The first kappa shape index (κ1) is 12.8. The lowest BCUT2D eigenvalue weighted by molar-refractivity contribution is 0.562. The van der Waals surface area contributed by atoms with Crippen LogP contribution in [0.1, 0.15) is 12.8 Å². The Kier molecular flexibility index (Phi) is 18.6. The maximum absolute atomic E-state index is 8.35. The minimum absolute atomic E-state index is 0.750. The van der Waals surface area contributed by atoms with E-state index in [2.05, 4.69) is 11.8 Å². The van der Waals surface area contributed by atoms with Crippen LogP contribution in [0.5, 0.6) is 0 Å². The summed E-state index contributed by atoms with van der Waals surface area (Å²) in [6.45, 7) is 0. The molecule has 4 nitrogen and oxygen atoms in total. The van der Waals surface area contributed by atoms with Crippen LogP contribution >= 0.6 is 11.8 Å². The molecule has 0 aromatic heterocycles. The highest BCUT2D eigenvalue weighted by Crippen LogP contribution is 2.14. The molecule has 1 aliphatic heterocycles. The van der Waals surface area contributed by atoms with Crippen molar-refractivity contribution in [1.29, 1.82) is 10.8 Å². The predicted octanol–water partition coefficient (Wildman–Crippen LogP) is 1.32. The molecule has 0 spiro atoms. The summed E-state index contributed by atoms with van der Waals surface area (Å²) in [5.41, 5.74) is 0. The van der Waals surface area contributed by atoms with Gasteiger partial charge in [-0.25, -0.2) is 20.4 Å². The number of rotatable bonds is 0. The molecule has 0 bridgehead atoms. The molecule has 0 atom stereocenters. The van der Waals surface area contributed by atoms with Crippen LogP contribution < -0.4 is 0 Å². The lowest BCUT2D eigenvalue weighted by atomic mass is 10.4. The third-order valence-corrected chi connectivity index (χ3v) is 1.98. The lowest BCUT2D eigenvalue weighted by Gasteiger charge is -1.69. The van der Waals surface area contributed by atoms with E-state index in [9.17, 15) is 0 Å². The molecule has 1 fully saturated rings. The van der Waals surface area contributed by atoms with Gasteiger partial charge in [-0.15, -0.1) is 0 Å². The molecule has 0 amide bonds. The van der Waals surface area contributed by atoms with Gasteiger partial charge in [0.2, 0.25) is 12.2 Å². The van der Waals surface area contributed by atoms with Gasteiger partial charge >= 0.3 is 0 Å². The monoisotopic (exact) mass is 174 g/mol. The first-order valence-corrected chi connectivity index (χ1v) is 4.14. The molecule has 0 aliphatic carbocycles. The second-order valence-electron chi connectivity index (χ2n) is 1.52. The van der Waals surface area contributed by atoms with E-state index in [1.807, 2.05) is 0 Å². The first-order valence-electron chi connectivity index (χ1n) is 2.99. The van der Waals surface area contributed by atoms with Gasteiger partial charge in [0.25, 0.3) is 0 Å². The minimum Gasteiger partial charge on any atom is -0.222 e. The normalized spacial score (nSPS) is 12.4. The summed E-state index contributed by atoms with van der Waals surface area (Å²) in [6, 6.07) is 0. The zero-order valence-electron chi connectivity index (χ0n) is 6.05. The molecule has 62 valence electrons. The van der Waals surface area contributed by atoms with E-state index >= 15 is 0 Å². The van der Waals surface area contributed by atoms with Gasteiger partial charge in [-0.1, -0.05) is 0 Å². The molecule has 5 heteroatoms. The van der Waals surface area contributed by atoms with Crippen molar-refractivity contribution >= 4 is 23.9 Å². The van der Waals surface area contributed by atoms with Gasteiger partial charge in [-0.2, -0.15) is 11.8 Å². The van der Waals surface area contributed by atoms with Gasteiger partial charge in [-0.3, -0.25) is 0 Å².